The van der Waals surface area contributed by atoms with Crippen molar-refractivity contribution < 1.29 is 4.39 Å². The van der Waals surface area contributed by atoms with Crippen LogP contribution in [0, 0.1) is 12.7 Å². The van der Waals surface area contributed by atoms with Gasteiger partial charge < -0.3 is 0 Å². The highest BCUT2D eigenvalue weighted by molar-refractivity contribution is 6.35. The summed E-state index contributed by atoms with van der Waals surface area (Å²) in [5.74, 6) is 0.0622. The van der Waals surface area contributed by atoms with Crippen molar-refractivity contribution >= 4 is 34.1 Å². The Kier molecular flexibility index (Phi) is 3.32. The molecule has 5 heteroatoms. The number of nitrogens with zero attached hydrogens (tertiary/aromatic N) is 2. The second-order valence-corrected chi connectivity index (χ2v) is 5.17. The van der Waals surface area contributed by atoms with Crippen LogP contribution in [0.4, 0.5) is 4.39 Å². The van der Waals surface area contributed by atoms with Gasteiger partial charge in [0.15, 0.2) is 5.82 Å². The molecule has 0 unspecified atom stereocenters. The van der Waals surface area contributed by atoms with E-state index in [1.807, 2.05) is 25.1 Å². The Balaban J connectivity index is 2.28. The van der Waals surface area contributed by atoms with Gasteiger partial charge in [0.05, 0.1) is 10.5 Å². The fraction of sp³-hybridized carbons (Fsp3) is 0.0667. The first kappa shape index (κ1) is 13.3. The number of rotatable bonds is 1. The van der Waals surface area contributed by atoms with Crippen LogP contribution in [-0.2, 0) is 0 Å². The molecule has 1 aromatic heterocycles. The second-order valence-electron chi connectivity index (χ2n) is 4.44. The summed E-state index contributed by atoms with van der Waals surface area (Å²) in [6.45, 7) is 1.91. The standard InChI is InChI=1S/C15H9Cl2FN2/c1-8-3-2-4-10(13(8)16)15-19-12-6-5-9(18)7-11(12)14(17)20-15/h2-7H,1H3. The maximum Gasteiger partial charge on any atom is 0.163 e. The quantitative estimate of drug-likeness (QED) is 0.588. The average molecular weight is 307 g/mol. The van der Waals surface area contributed by atoms with Gasteiger partial charge in [-0.2, -0.15) is 0 Å². The van der Waals surface area contributed by atoms with E-state index in [1.54, 1.807) is 6.07 Å². The van der Waals surface area contributed by atoms with Crippen LogP contribution in [0.25, 0.3) is 22.3 Å². The minimum absolute atomic E-state index is 0.210. The van der Waals surface area contributed by atoms with Gasteiger partial charge in [0, 0.05) is 10.9 Å². The summed E-state index contributed by atoms with van der Waals surface area (Å²) < 4.78 is 13.2. The monoisotopic (exact) mass is 306 g/mol. The van der Waals surface area contributed by atoms with E-state index in [2.05, 4.69) is 9.97 Å². The van der Waals surface area contributed by atoms with Crippen LogP contribution in [0.5, 0.6) is 0 Å². The molecular weight excluding hydrogens is 298 g/mol. The number of hydrogen-bond acceptors (Lipinski definition) is 2. The smallest absolute Gasteiger partial charge is 0.163 e. The van der Waals surface area contributed by atoms with Gasteiger partial charge in [-0.05, 0) is 36.8 Å². The summed E-state index contributed by atoms with van der Waals surface area (Å²) in [5, 5.41) is 1.28. The molecule has 0 aliphatic rings. The number of aromatic nitrogens is 2. The maximum absolute atomic E-state index is 13.2. The first-order chi connectivity index (χ1) is 9.56. The van der Waals surface area contributed by atoms with Gasteiger partial charge in [0.25, 0.3) is 0 Å². The van der Waals surface area contributed by atoms with Crippen molar-refractivity contribution in [2.24, 2.45) is 0 Å². The summed E-state index contributed by atoms with van der Waals surface area (Å²) in [5.41, 5.74) is 2.22. The van der Waals surface area contributed by atoms with Crippen LogP contribution in [0.2, 0.25) is 10.2 Å². The third-order valence-electron chi connectivity index (χ3n) is 3.04. The molecule has 0 saturated heterocycles. The van der Waals surface area contributed by atoms with Crippen LogP contribution in [0.1, 0.15) is 5.56 Å². The molecule has 0 aliphatic heterocycles. The molecule has 20 heavy (non-hydrogen) atoms. The predicted molar refractivity (Wildman–Crippen MR) is 79.7 cm³/mol. The van der Waals surface area contributed by atoms with E-state index in [-0.39, 0.29) is 11.0 Å². The molecule has 0 N–H and O–H groups in total. The number of halogens is 3. The molecule has 0 bridgehead atoms. The molecule has 0 fully saturated rings. The molecule has 2 aromatic carbocycles. The SMILES string of the molecule is Cc1cccc(-c2nc(Cl)c3cc(F)ccc3n2)c1Cl. The molecule has 0 saturated carbocycles. The highest BCUT2D eigenvalue weighted by Gasteiger charge is 2.12. The Morgan fingerprint density at radius 1 is 1.05 bits per heavy atom. The Labute approximate surface area is 125 Å². The zero-order valence-corrected chi connectivity index (χ0v) is 12.0. The van der Waals surface area contributed by atoms with Crippen molar-refractivity contribution in [3.63, 3.8) is 0 Å². The summed E-state index contributed by atoms with van der Waals surface area (Å²) in [6, 6.07) is 9.85. The zero-order chi connectivity index (χ0) is 14.3. The topological polar surface area (TPSA) is 25.8 Å². The van der Waals surface area contributed by atoms with E-state index in [1.165, 1.54) is 12.1 Å². The minimum Gasteiger partial charge on any atom is -0.228 e. The number of benzene rings is 2. The number of fused-ring (bicyclic) bond motifs is 1. The summed E-state index contributed by atoms with van der Waals surface area (Å²) in [6.07, 6.45) is 0. The molecule has 0 atom stereocenters. The van der Waals surface area contributed by atoms with Crippen LogP contribution in [0.3, 0.4) is 0 Å². The van der Waals surface area contributed by atoms with E-state index in [0.717, 1.165) is 5.56 Å². The molecule has 2 nitrogen and oxygen atoms in total. The van der Waals surface area contributed by atoms with Gasteiger partial charge in [0.2, 0.25) is 0 Å². The predicted octanol–water partition coefficient (Wildman–Crippen LogP) is 5.05. The molecule has 3 rings (SSSR count). The molecule has 3 aromatic rings. The first-order valence-corrected chi connectivity index (χ1v) is 6.70. The van der Waals surface area contributed by atoms with Gasteiger partial charge in [0.1, 0.15) is 11.0 Å². The lowest BCUT2D eigenvalue weighted by Crippen LogP contribution is -1.94. The van der Waals surface area contributed by atoms with Crippen LogP contribution in [-0.4, -0.2) is 9.97 Å². The minimum atomic E-state index is -0.371. The Hall–Kier alpha value is -1.71. The van der Waals surface area contributed by atoms with Crippen molar-refractivity contribution in [3.05, 3.63) is 58.0 Å². The third-order valence-corrected chi connectivity index (χ3v) is 3.83. The highest BCUT2D eigenvalue weighted by atomic mass is 35.5. The average Bonchev–Trinajstić information content (AvgIpc) is 2.42. The third kappa shape index (κ3) is 2.23. The van der Waals surface area contributed by atoms with Crippen LogP contribution in [0.15, 0.2) is 36.4 Å². The van der Waals surface area contributed by atoms with E-state index < -0.39 is 0 Å². The van der Waals surface area contributed by atoms with E-state index in [0.29, 0.717) is 27.3 Å². The highest BCUT2D eigenvalue weighted by Crippen LogP contribution is 2.31. The van der Waals surface area contributed by atoms with Crippen molar-refractivity contribution in [1.29, 1.82) is 0 Å². The van der Waals surface area contributed by atoms with Crippen molar-refractivity contribution in [2.75, 3.05) is 0 Å². The number of aryl methyl sites for hydroxylation is 1. The molecule has 100 valence electrons. The molecule has 0 radical (unpaired) electrons. The number of hydrogen-bond donors (Lipinski definition) is 0. The first-order valence-electron chi connectivity index (χ1n) is 5.94. The second kappa shape index (κ2) is 5.00. The molecular formula is C15H9Cl2FN2. The lowest BCUT2D eigenvalue weighted by molar-refractivity contribution is 0.629. The van der Waals surface area contributed by atoms with Crippen molar-refractivity contribution in [3.8, 4) is 11.4 Å². The van der Waals surface area contributed by atoms with Gasteiger partial charge in [-0.15, -0.1) is 0 Å². The lowest BCUT2D eigenvalue weighted by Gasteiger charge is -2.07. The fourth-order valence-electron chi connectivity index (χ4n) is 2.00. The van der Waals surface area contributed by atoms with Crippen molar-refractivity contribution in [2.45, 2.75) is 6.92 Å². The van der Waals surface area contributed by atoms with Gasteiger partial charge >= 0.3 is 0 Å². The van der Waals surface area contributed by atoms with Crippen LogP contribution >= 0.6 is 23.2 Å². The Morgan fingerprint density at radius 2 is 1.85 bits per heavy atom. The zero-order valence-electron chi connectivity index (χ0n) is 10.5. The molecule has 0 spiro atoms. The van der Waals surface area contributed by atoms with E-state index >= 15 is 0 Å². The fourth-order valence-corrected chi connectivity index (χ4v) is 2.45. The lowest BCUT2D eigenvalue weighted by atomic mass is 10.1. The summed E-state index contributed by atoms with van der Waals surface area (Å²) >= 11 is 12.4. The summed E-state index contributed by atoms with van der Waals surface area (Å²) in [7, 11) is 0. The summed E-state index contributed by atoms with van der Waals surface area (Å²) in [4.78, 5) is 8.62. The van der Waals surface area contributed by atoms with Crippen molar-refractivity contribution in [1.82, 2.24) is 9.97 Å². The van der Waals surface area contributed by atoms with E-state index in [4.69, 9.17) is 23.2 Å². The normalized spacial score (nSPS) is 11.0. The molecule has 0 aliphatic carbocycles. The van der Waals surface area contributed by atoms with Gasteiger partial charge in [-0.25, -0.2) is 14.4 Å². The molecule has 0 amide bonds. The Bertz CT molecular complexity index is 818. The molecule has 1 heterocycles. The van der Waals surface area contributed by atoms with E-state index in [9.17, 15) is 4.39 Å². The Morgan fingerprint density at radius 3 is 2.65 bits per heavy atom. The van der Waals surface area contributed by atoms with Crippen LogP contribution < -0.4 is 0 Å². The van der Waals surface area contributed by atoms with Gasteiger partial charge in [-0.1, -0.05) is 35.3 Å². The maximum atomic E-state index is 13.2. The van der Waals surface area contributed by atoms with Gasteiger partial charge in [-0.3, -0.25) is 0 Å². The largest absolute Gasteiger partial charge is 0.228 e.